The Labute approximate surface area is 192 Å². The van der Waals surface area contributed by atoms with Gasteiger partial charge in [0.2, 0.25) is 0 Å². The summed E-state index contributed by atoms with van der Waals surface area (Å²) in [5.74, 6) is 0.769. The van der Waals surface area contributed by atoms with E-state index in [1.807, 2.05) is 11.8 Å². The van der Waals surface area contributed by atoms with E-state index in [0.717, 1.165) is 12.5 Å². The van der Waals surface area contributed by atoms with Crippen LogP contribution < -0.4 is 9.47 Å². The molecule has 2 nitrogen and oxygen atoms in total. The lowest BCUT2D eigenvalue weighted by molar-refractivity contribution is -0.714. The van der Waals surface area contributed by atoms with Crippen molar-refractivity contribution in [3.05, 3.63) is 70.5 Å². The number of thioether (sulfide) groups is 1. The average Bonchev–Trinajstić information content (AvgIpc) is 3.08. The zero-order chi connectivity index (χ0) is 22.0. The second-order valence-corrected chi connectivity index (χ2v) is 9.94. The molecule has 162 valence electrons. The molecule has 0 saturated carbocycles. The van der Waals surface area contributed by atoms with Crippen molar-refractivity contribution in [2.24, 2.45) is 5.92 Å². The second-order valence-electron chi connectivity index (χ2n) is 8.88. The zero-order valence-corrected chi connectivity index (χ0v) is 20.4. The van der Waals surface area contributed by atoms with Gasteiger partial charge in [-0.15, -0.1) is 0 Å². The summed E-state index contributed by atoms with van der Waals surface area (Å²) in [7, 11) is 2.19. The number of hydrogen-bond donors (Lipinski definition) is 0. The molecule has 0 saturated heterocycles. The first-order valence-corrected chi connectivity index (χ1v) is 12.5. The van der Waals surface area contributed by atoms with Crippen molar-refractivity contribution in [1.82, 2.24) is 0 Å². The summed E-state index contributed by atoms with van der Waals surface area (Å²) in [6.45, 7) is 10.3. The second kappa shape index (κ2) is 9.48. The lowest BCUT2D eigenvalue weighted by Gasteiger charge is -2.16. The molecule has 0 spiro atoms. The van der Waals surface area contributed by atoms with Gasteiger partial charge in [-0.05, 0) is 35.9 Å². The van der Waals surface area contributed by atoms with E-state index in [9.17, 15) is 0 Å². The van der Waals surface area contributed by atoms with Crippen molar-refractivity contribution < 1.29 is 4.57 Å². The van der Waals surface area contributed by atoms with Crippen LogP contribution in [0.5, 0.6) is 0 Å². The zero-order valence-electron chi connectivity index (χ0n) is 19.6. The molecule has 0 N–H and O–H groups in total. The molecule has 0 fully saturated rings. The van der Waals surface area contributed by atoms with E-state index in [4.69, 9.17) is 0 Å². The lowest BCUT2D eigenvalue weighted by Crippen LogP contribution is -2.43. The van der Waals surface area contributed by atoms with Gasteiger partial charge >= 0.3 is 0 Å². The quantitative estimate of drug-likeness (QED) is 0.358. The summed E-state index contributed by atoms with van der Waals surface area (Å²) in [5.41, 5.74) is 5.33. The number of fused-ring (bicyclic) bond motifs is 3. The lowest BCUT2D eigenvalue weighted by atomic mass is 9.98. The highest BCUT2D eigenvalue weighted by Gasteiger charge is 2.25. The molecule has 2 aromatic carbocycles. The highest BCUT2D eigenvalue weighted by atomic mass is 32.2. The summed E-state index contributed by atoms with van der Waals surface area (Å²) >= 11 is 1.87. The standard InChI is InChI=1S/C28H35N2S/c1-6-8-11-22(7-2)19-30-20(3)16-23(17-21(30)4)18-27-29(5)28-25-13-10-9-12-24(25)14-15-26(28)31-27/h9-10,12-18,22H,6-8,11,19H2,1-5H3/q+1. The van der Waals surface area contributed by atoms with E-state index in [2.05, 4.69) is 98.8 Å². The van der Waals surface area contributed by atoms with Gasteiger partial charge in [0, 0.05) is 49.2 Å². The van der Waals surface area contributed by atoms with Crippen LogP contribution in [0, 0.1) is 19.8 Å². The van der Waals surface area contributed by atoms with Gasteiger partial charge in [0.05, 0.1) is 10.7 Å². The predicted molar refractivity (Wildman–Crippen MR) is 136 cm³/mol. The van der Waals surface area contributed by atoms with Gasteiger partial charge in [-0.25, -0.2) is 0 Å². The minimum absolute atomic E-state index is 0.769. The van der Waals surface area contributed by atoms with Crippen LogP contribution in [0.1, 0.15) is 56.5 Å². The summed E-state index contributed by atoms with van der Waals surface area (Å²) < 4.78 is 2.51. The fraction of sp³-hybridized carbons (Fsp3) is 0.393. The maximum atomic E-state index is 2.51. The third-order valence-corrected chi connectivity index (χ3v) is 7.77. The van der Waals surface area contributed by atoms with Crippen molar-refractivity contribution in [3.63, 3.8) is 0 Å². The minimum Gasteiger partial charge on any atom is -0.338 e. The molecule has 2 heterocycles. The Morgan fingerprint density at radius 1 is 1.03 bits per heavy atom. The topological polar surface area (TPSA) is 7.12 Å². The Kier molecular flexibility index (Phi) is 6.71. The van der Waals surface area contributed by atoms with E-state index in [-0.39, 0.29) is 0 Å². The SMILES string of the molecule is CCCCC(CC)C[n+]1c(C)cc(C=C2Sc3ccc4ccccc4c3N2C)cc1C. The van der Waals surface area contributed by atoms with Crippen LogP contribution in [-0.2, 0) is 6.54 Å². The summed E-state index contributed by atoms with van der Waals surface area (Å²) in [5, 5.41) is 3.92. The molecule has 1 aromatic heterocycles. The first kappa shape index (κ1) is 22.0. The number of aryl methyl sites for hydroxylation is 2. The predicted octanol–water partition coefficient (Wildman–Crippen LogP) is 7.50. The maximum absolute atomic E-state index is 2.51. The Bertz CT molecular complexity index is 1090. The Morgan fingerprint density at radius 3 is 2.48 bits per heavy atom. The van der Waals surface area contributed by atoms with E-state index < -0.39 is 0 Å². The van der Waals surface area contributed by atoms with E-state index in [1.165, 1.54) is 69.0 Å². The number of benzene rings is 2. The Hall–Kier alpha value is -2.26. The first-order chi connectivity index (χ1) is 15.0. The van der Waals surface area contributed by atoms with Gasteiger partial charge in [0.1, 0.15) is 0 Å². The highest BCUT2D eigenvalue weighted by molar-refractivity contribution is 8.04. The van der Waals surface area contributed by atoms with Crippen LogP contribution in [0.25, 0.3) is 16.8 Å². The van der Waals surface area contributed by atoms with Crippen molar-refractivity contribution in [2.45, 2.75) is 64.8 Å². The molecule has 31 heavy (non-hydrogen) atoms. The van der Waals surface area contributed by atoms with Crippen molar-refractivity contribution >= 4 is 34.3 Å². The number of unbranched alkanes of at least 4 members (excludes halogenated alkanes) is 1. The number of hydrogen-bond acceptors (Lipinski definition) is 2. The third kappa shape index (κ3) is 4.52. The molecule has 0 amide bonds. The molecular weight excluding hydrogens is 396 g/mol. The molecule has 1 unspecified atom stereocenters. The summed E-state index contributed by atoms with van der Waals surface area (Å²) in [6, 6.07) is 17.9. The van der Waals surface area contributed by atoms with Gasteiger partial charge in [0.25, 0.3) is 0 Å². The van der Waals surface area contributed by atoms with Crippen molar-refractivity contribution in [2.75, 3.05) is 11.9 Å². The van der Waals surface area contributed by atoms with E-state index in [1.54, 1.807) is 0 Å². The molecule has 1 aliphatic rings. The normalized spacial score (nSPS) is 15.6. The van der Waals surface area contributed by atoms with Crippen molar-refractivity contribution in [3.8, 4) is 0 Å². The van der Waals surface area contributed by atoms with Gasteiger partial charge < -0.3 is 4.90 Å². The van der Waals surface area contributed by atoms with Crippen LogP contribution in [0.3, 0.4) is 0 Å². The number of pyridine rings is 1. The smallest absolute Gasteiger partial charge is 0.179 e. The average molecular weight is 432 g/mol. The Balaban J connectivity index is 1.61. The van der Waals surface area contributed by atoms with E-state index >= 15 is 0 Å². The molecule has 1 aliphatic heterocycles. The molecule has 0 aliphatic carbocycles. The monoisotopic (exact) mass is 431 g/mol. The number of aromatic nitrogens is 1. The number of rotatable bonds is 7. The minimum atomic E-state index is 0.769. The van der Waals surface area contributed by atoms with Crippen molar-refractivity contribution in [1.29, 1.82) is 0 Å². The van der Waals surface area contributed by atoms with E-state index in [0.29, 0.717) is 0 Å². The summed E-state index contributed by atoms with van der Waals surface area (Å²) in [4.78, 5) is 3.69. The van der Waals surface area contributed by atoms with Crippen LogP contribution in [0.2, 0.25) is 0 Å². The molecule has 3 heteroatoms. The largest absolute Gasteiger partial charge is 0.338 e. The van der Waals surface area contributed by atoms with Crippen LogP contribution in [-0.4, -0.2) is 7.05 Å². The van der Waals surface area contributed by atoms with Crippen LogP contribution in [0.15, 0.2) is 58.5 Å². The number of nitrogens with zero attached hydrogens (tertiary/aromatic N) is 2. The maximum Gasteiger partial charge on any atom is 0.179 e. The Morgan fingerprint density at radius 2 is 1.77 bits per heavy atom. The molecule has 1 atom stereocenters. The van der Waals surface area contributed by atoms with Gasteiger partial charge in [-0.1, -0.05) is 68.8 Å². The fourth-order valence-corrected chi connectivity index (χ4v) is 5.86. The summed E-state index contributed by atoms with van der Waals surface area (Å²) in [6.07, 6.45) is 7.55. The molecule has 4 rings (SSSR count). The molecule has 3 aromatic rings. The number of anilines is 1. The fourth-order valence-electron chi connectivity index (χ4n) is 4.73. The molecule has 0 bridgehead atoms. The van der Waals surface area contributed by atoms with Gasteiger partial charge in [-0.2, -0.15) is 4.57 Å². The molecule has 0 radical (unpaired) electrons. The van der Waals surface area contributed by atoms with Crippen LogP contribution >= 0.6 is 11.8 Å². The van der Waals surface area contributed by atoms with Gasteiger partial charge in [0.15, 0.2) is 17.9 Å². The van der Waals surface area contributed by atoms with Gasteiger partial charge in [-0.3, -0.25) is 0 Å². The third-order valence-electron chi connectivity index (χ3n) is 6.62. The first-order valence-electron chi connectivity index (χ1n) is 11.7. The highest BCUT2D eigenvalue weighted by Crippen LogP contribution is 2.49. The molecular formula is C28H35N2S+. The van der Waals surface area contributed by atoms with Crippen LogP contribution in [0.4, 0.5) is 5.69 Å².